The lowest BCUT2D eigenvalue weighted by Gasteiger charge is -2.18. The molecule has 0 amide bonds. The van der Waals surface area contributed by atoms with Gasteiger partial charge in [-0.15, -0.1) is 0 Å². The fraction of sp³-hybridized carbons (Fsp3) is 0.672. The molecule has 1 atom stereocenters. The Morgan fingerprint density at radius 1 is 0.328 bits per heavy atom. The Bertz CT molecular complexity index is 1300. The van der Waals surface area contributed by atoms with Gasteiger partial charge in [0.05, 0.1) is 0 Å². The number of carbonyl (C=O) groups is 3. The Morgan fingerprint density at radius 2 is 0.656 bits per heavy atom. The molecular formula is C58H96O6. The standard InChI is InChI=1S/C58H96O6/c1-4-7-10-13-16-19-22-24-26-28-29-31-32-34-36-39-42-45-48-51-57(60)63-54-55(53-62-56(59)50-47-44-41-38-21-18-15-12-9-6-3)64-58(61)52-49-46-43-40-37-35-33-30-27-25-23-20-17-14-11-8-5-2/h7,10,15-16,18-19,24-27,29,31,34,36,42,45,55H,4-6,8-9,11-14,17,20-23,28,30,32-33,35,37-41,43-44,46-54H2,1-3H3/b10-7-,18-15-,19-16-,26-24-,27-25-,31-29-,36-34-,45-42-. The van der Waals surface area contributed by atoms with Gasteiger partial charge in [0.1, 0.15) is 13.2 Å². The minimum Gasteiger partial charge on any atom is -0.462 e. The second-order valence-electron chi connectivity index (χ2n) is 17.0. The van der Waals surface area contributed by atoms with Gasteiger partial charge in [0.2, 0.25) is 0 Å². The second-order valence-corrected chi connectivity index (χ2v) is 17.0. The van der Waals surface area contributed by atoms with E-state index in [9.17, 15) is 14.4 Å². The van der Waals surface area contributed by atoms with E-state index < -0.39 is 6.10 Å². The first-order valence-electron chi connectivity index (χ1n) is 26.2. The maximum atomic E-state index is 12.8. The average molecular weight is 889 g/mol. The first kappa shape index (κ1) is 60.3. The van der Waals surface area contributed by atoms with Gasteiger partial charge < -0.3 is 14.2 Å². The summed E-state index contributed by atoms with van der Waals surface area (Å²) in [6.07, 6.45) is 68.4. The lowest BCUT2D eigenvalue weighted by molar-refractivity contribution is -0.166. The number of hydrogen-bond donors (Lipinski definition) is 0. The predicted molar refractivity (Wildman–Crippen MR) is 274 cm³/mol. The van der Waals surface area contributed by atoms with Crippen LogP contribution in [0, 0.1) is 0 Å². The van der Waals surface area contributed by atoms with Crippen LogP contribution in [0.1, 0.15) is 233 Å². The van der Waals surface area contributed by atoms with E-state index in [1.807, 2.05) is 6.08 Å². The van der Waals surface area contributed by atoms with Crippen LogP contribution in [0.4, 0.5) is 0 Å². The van der Waals surface area contributed by atoms with Gasteiger partial charge in [-0.05, 0) is 103 Å². The van der Waals surface area contributed by atoms with Crippen LogP contribution in [0.2, 0.25) is 0 Å². The molecule has 0 fully saturated rings. The Balaban J connectivity index is 4.48. The maximum Gasteiger partial charge on any atom is 0.306 e. The van der Waals surface area contributed by atoms with Crippen molar-refractivity contribution in [2.45, 2.75) is 239 Å². The van der Waals surface area contributed by atoms with Crippen LogP contribution in [0.5, 0.6) is 0 Å². The van der Waals surface area contributed by atoms with Crippen LogP contribution in [-0.4, -0.2) is 37.2 Å². The topological polar surface area (TPSA) is 78.9 Å². The fourth-order valence-corrected chi connectivity index (χ4v) is 6.85. The van der Waals surface area contributed by atoms with E-state index in [2.05, 4.69) is 112 Å². The predicted octanol–water partition coefficient (Wildman–Crippen LogP) is 17.4. The molecule has 364 valence electrons. The Kier molecular flexibility index (Phi) is 49.0. The van der Waals surface area contributed by atoms with Crippen molar-refractivity contribution in [3.8, 4) is 0 Å². The van der Waals surface area contributed by atoms with Crippen molar-refractivity contribution in [3.05, 3.63) is 97.2 Å². The molecule has 0 aliphatic heterocycles. The van der Waals surface area contributed by atoms with Crippen molar-refractivity contribution in [3.63, 3.8) is 0 Å². The molecule has 64 heavy (non-hydrogen) atoms. The number of unbranched alkanes of at least 4 members (excludes halogenated alkanes) is 19. The van der Waals surface area contributed by atoms with Gasteiger partial charge in [-0.25, -0.2) is 0 Å². The molecule has 0 radical (unpaired) electrons. The first-order chi connectivity index (χ1) is 31.5. The largest absolute Gasteiger partial charge is 0.462 e. The molecule has 0 aromatic carbocycles. The second kappa shape index (κ2) is 52.0. The van der Waals surface area contributed by atoms with Crippen molar-refractivity contribution >= 4 is 17.9 Å². The van der Waals surface area contributed by atoms with E-state index in [4.69, 9.17) is 14.2 Å². The van der Waals surface area contributed by atoms with Crippen LogP contribution in [0.3, 0.4) is 0 Å². The molecule has 0 rings (SSSR count). The van der Waals surface area contributed by atoms with Crippen molar-refractivity contribution in [1.29, 1.82) is 0 Å². The summed E-state index contributed by atoms with van der Waals surface area (Å²) in [7, 11) is 0. The Hall–Kier alpha value is -3.67. The van der Waals surface area contributed by atoms with E-state index in [-0.39, 0.29) is 37.5 Å². The molecule has 0 aromatic rings. The van der Waals surface area contributed by atoms with Gasteiger partial charge in [-0.3, -0.25) is 14.4 Å². The molecule has 0 heterocycles. The van der Waals surface area contributed by atoms with E-state index in [1.165, 1.54) is 89.9 Å². The summed E-state index contributed by atoms with van der Waals surface area (Å²) in [4.78, 5) is 37.9. The molecule has 6 heteroatoms. The normalized spacial score (nSPS) is 12.9. The van der Waals surface area contributed by atoms with Crippen molar-refractivity contribution in [2.24, 2.45) is 0 Å². The maximum absolute atomic E-state index is 12.8. The van der Waals surface area contributed by atoms with Crippen molar-refractivity contribution in [2.75, 3.05) is 13.2 Å². The quantitative estimate of drug-likeness (QED) is 0.0262. The highest BCUT2D eigenvalue weighted by atomic mass is 16.6. The average Bonchev–Trinajstić information content (AvgIpc) is 3.29. The summed E-state index contributed by atoms with van der Waals surface area (Å²) in [6, 6.07) is 0. The summed E-state index contributed by atoms with van der Waals surface area (Å²) >= 11 is 0. The van der Waals surface area contributed by atoms with E-state index in [0.717, 1.165) is 96.3 Å². The van der Waals surface area contributed by atoms with Crippen LogP contribution in [-0.2, 0) is 28.6 Å². The molecule has 0 saturated heterocycles. The minimum absolute atomic E-state index is 0.109. The molecule has 1 unspecified atom stereocenters. The van der Waals surface area contributed by atoms with Crippen LogP contribution >= 0.6 is 0 Å². The third kappa shape index (κ3) is 49.3. The summed E-state index contributed by atoms with van der Waals surface area (Å²) in [5.41, 5.74) is 0. The third-order valence-corrected chi connectivity index (χ3v) is 10.8. The van der Waals surface area contributed by atoms with Crippen LogP contribution in [0.25, 0.3) is 0 Å². The SMILES string of the molecule is CC/C=C\C/C=C\C/C=C\C/C=C\C/C=C\C/C=C\CCC(=O)OCC(COC(=O)CCCCCC/C=C\CCCC)OC(=O)CCCCCCCCC/C=C\CCCCCCCC. The first-order valence-corrected chi connectivity index (χ1v) is 26.2. The Morgan fingerprint density at radius 3 is 1.09 bits per heavy atom. The van der Waals surface area contributed by atoms with E-state index in [1.54, 1.807) is 0 Å². The van der Waals surface area contributed by atoms with Crippen molar-refractivity contribution in [1.82, 2.24) is 0 Å². The lowest BCUT2D eigenvalue weighted by atomic mass is 10.1. The number of esters is 3. The highest BCUT2D eigenvalue weighted by Gasteiger charge is 2.19. The minimum atomic E-state index is -0.814. The van der Waals surface area contributed by atoms with Gasteiger partial charge in [0, 0.05) is 19.3 Å². The van der Waals surface area contributed by atoms with Gasteiger partial charge in [0.25, 0.3) is 0 Å². The van der Waals surface area contributed by atoms with E-state index in [0.29, 0.717) is 19.3 Å². The van der Waals surface area contributed by atoms with Gasteiger partial charge in [-0.1, -0.05) is 208 Å². The molecule has 0 aliphatic rings. The molecule has 6 nitrogen and oxygen atoms in total. The molecule has 0 N–H and O–H groups in total. The number of rotatable bonds is 46. The smallest absolute Gasteiger partial charge is 0.306 e. The molecule has 0 aromatic heterocycles. The monoisotopic (exact) mass is 889 g/mol. The van der Waals surface area contributed by atoms with Crippen molar-refractivity contribution < 1.29 is 28.6 Å². The summed E-state index contributed by atoms with van der Waals surface area (Å²) in [6.45, 7) is 6.39. The Labute approximate surface area is 394 Å². The molecular weight excluding hydrogens is 793 g/mol. The number of ether oxygens (including phenoxy) is 3. The molecule has 0 aliphatic carbocycles. The highest BCUT2D eigenvalue weighted by Crippen LogP contribution is 2.13. The summed E-state index contributed by atoms with van der Waals surface area (Å²) in [5.74, 6) is -1.02. The zero-order valence-electron chi connectivity index (χ0n) is 41.5. The summed E-state index contributed by atoms with van der Waals surface area (Å²) in [5, 5.41) is 0. The van der Waals surface area contributed by atoms with Gasteiger partial charge >= 0.3 is 17.9 Å². The van der Waals surface area contributed by atoms with E-state index >= 15 is 0 Å². The highest BCUT2D eigenvalue weighted by molar-refractivity contribution is 5.71. The molecule has 0 saturated carbocycles. The lowest BCUT2D eigenvalue weighted by Crippen LogP contribution is -2.30. The summed E-state index contributed by atoms with van der Waals surface area (Å²) < 4.78 is 16.7. The van der Waals surface area contributed by atoms with Gasteiger partial charge in [0.15, 0.2) is 6.10 Å². The molecule has 0 bridgehead atoms. The van der Waals surface area contributed by atoms with Crippen LogP contribution < -0.4 is 0 Å². The molecule has 0 spiro atoms. The number of hydrogen-bond acceptors (Lipinski definition) is 6. The zero-order valence-corrected chi connectivity index (χ0v) is 41.5. The van der Waals surface area contributed by atoms with Gasteiger partial charge in [-0.2, -0.15) is 0 Å². The van der Waals surface area contributed by atoms with Crippen LogP contribution in [0.15, 0.2) is 97.2 Å². The third-order valence-electron chi connectivity index (χ3n) is 10.8. The zero-order chi connectivity index (χ0) is 46.5. The number of allylic oxidation sites excluding steroid dienone is 16. The fourth-order valence-electron chi connectivity index (χ4n) is 6.85. The number of carbonyl (C=O) groups excluding carboxylic acids is 3.